The molecule has 2 aromatic rings. The quantitative estimate of drug-likeness (QED) is 0.0370. The third-order valence-corrected chi connectivity index (χ3v) is 27.6. The predicted molar refractivity (Wildman–Crippen MR) is 426 cm³/mol. The average Bonchev–Trinajstić information content (AvgIpc) is 1.66. The molecule has 0 radical (unpaired) electrons. The van der Waals surface area contributed by atoms with Crippen LogP contribution < -0.4 is 10.6 Å². The van der Waals surface area contributed by atoms with Crippen LogP contribution in [0.25, 0.3) is 0 Å². The Labute approximate surface area is 696 Å². The molecule has 0 aromatic heterocycles. The molecule has 6 aliphatic carbocycles. The van der Waals surface area contributed by atoms with Gasteiger partial charge in [-0.15, -0.1) is 0 Å². The molecular formula is C89H125N3O27. The number of aliphatic hydroxyl groups is 5. The highest BCUT2D eigenvalue weighted by Crippen LogP contribution is 2.69. The topological polar surface area (TPSA) is 394 Å². The van der Waals surface area contributed by atoms with Crippen molar-refractivity contribution in [3.8, 4) is 0 Å². The van der Waals surface area contributed by atoms with Gasteiger partial charge in [-0.25, -0.2) is 28.8 Å². The molecule has 658 valence electrons. The number of likely N-dealkylation sites (tertiary alicyclic amines) is 1. The maximum absolute atomic E-state index is 14.4. The number of hydrogen-bond acceptors (Lipinski definition) is 28. The van der Waals surface area contributed by atoms with E-state index >= 15 is 0 Å². The number of hydrogen-bond donors (Lipinski definition) is 7. The van der Waals surface area contributed by atoms with Crippen molar-refractivity contribution in [3.05, 3.63) is 107 Å². The molecule has 5 aliphatic heterocycles. The zero-order chi connectivity index (χ0) is 87.4. The van der Waals surface area contributed by atoms with E-state index in [1.54, 1.807) is 144 Å². The van der Waals surface area contributed by atoms with Crippen LogP contribution in [-0.2, 0) is 85.5 Å². The van der Waals surface area contributed by atoms with E-state index in [2.05, 4.69) is 22.1 Å². The minimum Gasteiger partial charge on any atom is -0.456 e. The van der Waals surface area contributed by atoms with Gasteiger partial charge in [0, 0.05) is 67.5 Å². The first-order valence-corrected chi connectivity index (χ1v) is 41.8. The van der Waals surface area contributed by atoms with Crippen LogP contribution in [0.15, 0.2) is 95.6 Å². The van der Waals surface area contributed by atoms with Crippen LogP contribution in [0.1, 0.15) is 204 Å². The highest BCUT2D eigenvalue weighted by atomic mass is 16.7. The first kappa shape index (κ1) is 90.8. The number of nitrogens with zero attached hydrogens (tertiary/aromatic N) is 1. The zero-order valence-electron chi connectivity index (χ0n) is 72.3. The molecule has 25 atom stereocenters. The minimum absolute atomic E-state index is 0.0195. The van der Waals surface area contributed by atoms with E-state index in [1.807, 2.05) is 41.5 Å². The monoisotopic (exact) mass is 1670 g/mol. The Morgan fingerprint density at radius 2 is 0.975 bits per heavy atom. The van der Waals surface area contributed by atoms with Crippen molar-refractivity contribution in [1.82, 2.24) is 15.5 Å². The molecule has 13 rings (SSSR count). The van der Waals surface area contributed by atoms with Crippen LogP contribution in [0.3, 0.4) is 0 Å². The predicted octanol–water partition coefficient (Wildman–Crippen LogP) is 8.76. The summed E-state index contributed by atoms with van der Waals surface area (Å²) in [5.41, 5.74) is -10.3. The molecule has 2 aromatic carbocycles. The van der Waals surface area contributed by atoms with Crippen LogP contribution in [0.2, 0.25) is 0 Å². The standard InChI is InChI=1S/C46H66N2O14.C43H59NO13/c1-24(2)33(47-41(54)62-42(5,6)7)34(51)40(53)57-29-20-46(55)38(60-39(52)27-14-12-11-13-15-27)36-44(10,18-16-30-45(36,23-56-30)61-26(4)50)37-35(32(25(29)3)43(46,8)9)58-31(59-37)21-48-19-17-28(48)22-49;1-12-28-53-32-29-23(4)26(52-37(48)31(46)30(22(2)3)44-38(49)57-39(6,7)8)20-43(50,40(29,9)10)35(55-36(47)25-16-14-13-15-17-25)33-41(11,34(32)54-28)19-18-27-42(33,21-51-27)56-24(5)45/h11-15,24,28-31,33-38,49,51,55H,16-23H2,1-10H3,(H,47,54);12-17,22,26-28,30-35,46,50H,1,18-21H2,2-11H3,(H,44,49)/t28-,29-,30+,31+,33-,34+,35+,36-,37+,38-,44+,45-,46+;26-,27+,28+,30-,31+,32+,33-,34+,35-,41+,42-,43+/m00/s1. The van der Waals surface area contributed by atoms with Crippen LogP contribution in [0.4, 0.5) is 9.59 Å². The van der Waals surface area contributed by atoms with Crippen molar-refractivity contribution >= 4 is 48.0 Å². The highest BCUT2D eigenvalue weighted by Gasteiger charge is 2.80. The van der Waals surface area contributed by atoms with Crippen molar-refractivity contribution in [2.45, 2.75) is 321 Å². The smallest absolute Gasteiger partial charge is 0.407 e. The summed E-state index contributed by atoms with van der Waals surface area (Å²) < 4.78 is 88.6. The third kappa shape index (κ3) is 16.4. The number of alkyl carbamates (subject to hydrolysis) is 2. The average molecular weight is 1670 g/mol. The molecule has 9 fully saturated rings. The number of rotatable bonds is 20. The summed E-state index contributed by atoms with van der Waals surface area (Å²) in [6.45, 7) is 39.6. The molecule has 119 heavy (non-hydrogen) atoms. The van der Waals surface area contributed by atoms with Gasteiger partial charge in [-0.1, -0.05) is 112 Å². The maximum Gasteiger partial charge on any atom is 0.407 e. The third-order valence-electron chi connectivity index (χ3n) is 27.6. The SMILES string of the molecule is C=C[C@@H]1O[C@@H]2C3=C(C)[C@@H](OC(=O)[C@H](O)[C@@H](NC(=O)OC(C)(C)C)C(C)C)C[C@@](O)([C@@H](OC(=O)c4ccccc4)[C@H]4[C@@](C)(CC[C@H]5OC[C@]54OC(C)=O)[C@@H]2O1)C3(C)C.CC(=O)O[C@@]12CO[C@@H]1CC[C@@]1(C)[C@@H]3O[C@H](CN4CC[C@H]4CO)O[C@@H]3C3=C(C)[C@@H](OC(=O)[C@H](O)[C@@H](NC(=O)OC(C)(C)C)C(C)C)C[C@@](O)([C@@H](OC(=O)c4ccccc4)[C@@H]12)C3(C)C. The Balaban J connectivity index is 0.000000219. The molecule has 7 N–H and O–H groups in total. The van der Waals surface area contributed by atoms with Gasteiger partial charge in [-0.2, -0.15) is 0 Å². The number of esters is 6. The van der Waals surface area contributed by atoms with Crippen molar-refractivity contribution in [3.63, 3.8) is 0 Å². The highest BCUT2D eigenvalue weighted by molar-refractivity contribution is 5.90. The number of amides is 2. The Kier molecular flexibility index (Phi) is 25.4. The summed E-state index contributed by atoms with van der Waals surface area (Å²) in [7, 11) is 0. The fourth-order valence-corrected chi connectivity index (χ4v) is 21.5. The van der Waals surface area contributed by atoms with Gasteiger partial charge in [-0.05, 0) is 152 Å². The molecule has 4 bridgehead atoms. The lowest BCUT2D eigenvalue weighted by Gasteiger charge is -2.68. The lowest BCUT2D eigenvalue weighted by molar-refractivity contribution is -0.345. The fraction of sp³-hybridized carbons (Fsp3) is 0.708. The van der Waals surface area contributed by atoms with Gasteiger partial charge < -0.3 is 102 Å². The molecular weight excluding hydrogens is 1540 g/mol. The number of nitrogens with one attached hydrogen (secondary N) is 2. The van der Waals surface area contributed by atoms with Crippen LogP contribution in [-0.4, -0.2) is 249 Å². The molecule has 2 amide bonds. The van der Waals surface area contributed by atoms with Gasteiger partial charge in [0.05, 0.1) is 67.1 Å². The largest absolute Gasteiger partial charge is 0.456 e. The van der Waals surface area contributed by atoms with E-state index < -0.39 is 225 Å². The van der Waals surface area contributed by atoms with Crippen molar-refractivity contribution in [2.24, 2.45) is 45.3 Å². The molecule has 30 nitrogen and oxygen atoms in total. The molecule has 11 aliphatic rings. The van der Waals surface area contributed by atoms with Crippen LogP contribution in [0, 0.1) is 45.3 Å². The first-order chi connectivity index (χ1) is 55.5. The Hall–Kier alpha value is -7.46. The first-order valence-electron chi connectivity index (χ1n) is 41.8. The van der Waals surface area contributed by atoms with Crippen molar-refractivity contribution < 1.29 is 130 Å². The van der Waals surface area contributed by atoms with Gasteiger partial charge in [0.2, 0.25) is 0 Å². The number of benzene rings is 2. The number of aliphatic hydroxyl groups excluding tert-OH is 3. The van der Waals surface area contributed by atoms with Crippen molar-refractivity contribution in [2.75, 3.05) is 32.9 Å². The second-order valence-corrected chi connectivity index (χ2v) is 38.8. The summed E-state index contributed by atoms with van der Waals surface area (Å²) in [5.74, 6) is -7.44. The summed E-state index contributed by atoms with van der Waals surface area (Å²) in [6.07, 6.45) is -12.9. The summed E-state index contributed by atoms with van der Waals surface area (Å²) in [4.78, 5) is 111. The Bertz CT molecular complexity index is 4230. The summed E-state index contributed by atoms with van der Waals surface area (Å²) in [5, 5.41) is 65.9. The molecule has 4 saturated carbocycles. The lowest BCUT2D eigenvalue weighted by Crippen LogP contribution is -2.79. The van der Waals surface area contributed by atoms with E-state index in [0.717, 1.165) is 13.0 Å². The summed E-state index contributed by atoms with van der Waals surface area (Å²) in [6, 6.07) is 14.5. The van der Waals surface area contributed by atoms with E-state index in [4.69, 9.17) is 66.3 Å². The number of carbonyl (C=O) groups excluding carboxylic acids is 8. The fourth-order valence-electron chi connectivity index (χ4n) is 21.5. The van der Waals surface area contributed by atoms with E-state index in [0.29, 0.717) is 54.5 Å². The van der Waals surface area contributed by atoms with Crippen molar-refractivity contribution in [1.29, 1.82) is 0 Å². The molecule has 0 spiro atoms. The number of ether oxygens (including phenoxy) is 14. The van der Waals surface area contributed by atoms with Gasteiger partial charge in [0.15, 0.2) is 36.0 Å². The molecule has 0 unspecified atom stereocenters. The molecule has 30 heteroatoms. The van der Waals surface area contributed by atoms with Crippen LogP contribution >= 0.6 is 0 Å². The zero-order valence-corrected chi connectivity index (χ0v) is 72.3. The lowest BCUT2D eigenvalue weighted by atomic mass is 9.45. The molecule has 5 heterocycles. The van der Waals surface area contributed by atoms with E-state index in [-0.39, 0.29) is 49.8 Å². The van der Waals surface area contributed by atoms with Crippen LogP contribution in [0.5, 0.6) is 0 Å². The summed E-state index contributed by atoms with van der Waals surface area (Å²) >= 11 is 0. The normalized spacial score (nSPS) is 36.8. The van der Waals surface area contributed by atoms with Gasteiger partial charge in [0.1, 0.15) is 71.2 Å². The minimum atomic E-state index is -2.06. The second kappa shape index (κ2) is 33.3. The Morgan fingerprint density at radius 3 is 1.31 bits per heavy atom. The maximum atomic E-state index is 14.4. The van der Waals surface area contributed by atoms with E-state index in [1.165, 1.54) is 19.9 Å². The molecule has 5 saturated heterocycles. The second-order valence-electron chi connectivity index (χ2n) is 38.8. The van der Waals surface area contributed by atoms with Gasteiger partial charge >= 0.3 is 48.0 Å². The van der Waals surface area contributed by atoms with E-state index in [9.17, 15) is 63.9 Å². The Morgan fingerprint density at radius 1 is 0.580 bits per heavy atom. The number of fused-ring (bicyclic) bond motifs is 16. The number of carbonyl (C=O) groups is 8. The van der Waals surface area contributed by atoms with Gasteiger partial charge in [0.25, 0.3) is 0 Å². The van der Waals surface area contributed by atoms with Gasteiger partial charge in [-0.3, -0.25) is 14.5 Å².